The molecule has 0 spiro atoms. The molecule has 1 unspecified atom stereocenters. The molecule has 0 saturated heterocycles. The number of hydrogen-bond acceptors (Lipinski definition) is 3. The summed E-state index contributed by atoms with van der Waals surface area (Å²) in [5.41, 5.74) is 7.33. The predicted molar refractivity (Wildman–Crippen MR) is 68.2 cm³/mol. The van der Waals surface area contributed by atoms with Crippen LogP contribution in [0, 0.1) is 6.92 Å². The van der Waals surface area contributed by atoms with Crippen molar-refractivity contribution in [3.8, 4) is 11.3 Å². The minimum Gasteiger partial charge on any atom is -0.480 e. The number of nitrogens with two attached hydrogens (primary N) is 1. The molecule has 4 nitrogen and oxygen atoms in total. The smallest absolute Gasteiger partial charge is 0.320 e. The maximum Gasteiger partial charge on any atom is 0.320 e. The van der Waals surface area contributed by atoms with Crippen molar-refractivity contribution in [2.24, 2.45) is 5.73 Å². The first-order chi connectivity index (χ1) is 8.58. The van der Waals surface area contributed by atoms with Gasteiger partial charge in [0.15, 0.2) is 0 Å². The van der Waals surface area contributed by atoms with E-state index in [1.807, 2.05) is 43.3 Å². The Labute approximate surface area is 105 Å². The highest BCUT2D eigenvalue weighted by Gasteiger charge is 2.16. The van der Waals surface area contributed by atoms with Crippen molar-refractivity contribution in [2.75, 3.05) is 0 Å². The van der Waals surface area contributed by atoms with E-state index in [1.165, 1.54) is 0 Å². The zero-order chi connectivity index (χ0) is 13.1. The lowest BCUT2D eigenvalue weighted by Crippen LogP contribution is -2.32. The molecule has 0 saturated carbocycles. The lowest BCUT2D eigenvalue weighted by atomic mass is 10.1. The molecule has 1 aromatic heterocycles. The number of carbonyl (C=O) groups is 1. The molecular weight excluding hydrogens is 230 g/mol. The van der Waals surface area contributed by atoms with E-state index in [4.69, 9.17) is 15.3 Å². The molecule has 0 radical (unpaired) electrons. The van der Waals surface area contributed by atoms with Crippen molar-refractivity contribution in [1.29, 1.82) is 0 Å². The molecule has 0 amide bonds. The molecule has 4 heteroatoms. The fourth-order valence-electron chi connectivity index (χ4n) is 1.79. The standard InChI is InChI=1S/C14H15NO3/c1-9-11(7-12(15)14(16)17)8-13(18-9)10-5-3-2-4-6-10/h2-6,8,12H,7,15H2,1H3,(H,16,17). The van der Waals surface area contributed by atoms with Crippen LogP contribution < -0.4 is 5.73 Å². The summed E-state index contributed by atoms with van der Waals surface area (Å²) in [4.78, 5) is 10.7. The third kappa shape index (κ3) is 2.60. The van der Waals surface area contributed by atoms with Crippen molar-refractivity contribution in [2.45, 2.75) is 19.4 Å². The van der Waals surface area contributed by atoms with Crippen LogP contribution in [0.15, 0.2) is 40.8 Å². The van der Waals surface area contributed by atoms with E-state index in [1.54, 1.807) is 0 Å². The molecule has 1 atom stereocenters. The molecule has 94 valence electrons. The Hall–Kier alpha value is -2.07. The largest absolute Gasteiger partial charge is 0.480 e. The van der Waals surface area contributed by atoms with Crippen molar-refractivity contribution < 1.29 is 14.3 Å². The van der Waals surface area contributed by atoms with E-state index >= 15 is 0 Å². The maximum absolute atomic E-state index is 10.7. The monoisotopic (exact) mass is 245 g/mol. The molecule has 0 aliphatic heterocycles. The van der Waals surface area contributed by atoms with Gasteiger partial charge >= 0.3 is 5.97 Å². The zero-order valence-corrected chi connectivity index (χ0v) is 10.1. The van der Waals surface area contributed by atoms with E-state index in [0.29, 0.717) is 5.76 Å². The van der Waals surface area contributed by atoms with Crippen LogP contribution in [0.25, 0.3) is 11.3 Å². The number of carboxylic acids is 1. The lowest BCUT2D eigenvalue weighted by molar-refractivity contribution is -0.138. The second-order valence-corrected chi connectivity index (χ2v) is 4.21. The topological polar surface area (TPSA) is 76.5 Å². The van der Waals surface area contributed by atoms with Crippen LogP contribution in [0.4, 0.5) is 0 Å². The number of rotatable bonds is 4. The molecule has 3 N–H and O–H groups in total. The van der Waals surface area contributed by atoms with Crippen LogP contribution in [-0.4, -0.2) is 17.1 Å². The Morgan fingerprint density at radius 2 is 2.06 bits per heavy atom. The number of aliphatic carboxylic acids is 1. The fourth-order valence-corrected chi connectivity index (χ4v) is 1.79. The minimum absolute atomic E-state index is 0.275. The van der Waals surface area contributed by atoms with E-state index < -0.39 is 12.0 Å². The van der Waals surface area contributed by atoms with Gasteiger partial charge in [-0.15, -0.1) is 0 Å². The second-order valence-electron chi connectivity index (χ2n) is 4.21. The number of benzene rings is 1. The zero-order valence-electron chi connectivity index (χ0n) is 10.1. The number of hydrogen-bond donors (Lipinski definition) is 2. The average molecular weight is 245 g/mol. The molecular formula is C14H15NO3. The normalized spacial score (nSPS) is 12.3. The maximum atomic E-state index is 10.7. The van der Waals surface area contributed by atoms with Gasteiger partial charge in [-0.25, -0.2) is 0 Å². The Bertz CT molecular complexity index is 545. The quantitative estimate of drug-likeness (QED) is 0.865. The summed E-state index contributed by atoms with van der Waals surface area (Å²) >= 11 is 0. The fraction of sp³-hybridized carbons (Fsp3) is 0.214. The predicted octanol–water partition coefficient (Wildman–Crippen LogP) is 2.21. The third-order valence-electron chi connectivity index (χ3n) is 2.84. The number of aryl methyl sites for hydroxylation is 1. The van der Waals surface area contributed by atoms with Gasteiger partial charge in [0.25, 0.3) is 0 Å². The van der Waals surface area contributed by atoms with Gasteiger partial charge in [-0.3, -0.25) is 4.79 Å². The Balaban J connectivity index is 2.25. The summed E-state index contributed by atoms with van der Waals surface area (Å²) in [5, 5.41) is 8.80. The third-order valence-corrected chi connectivity index (χ3v) is 2.84. The summed E-state index contributed by atoms with van der Waals surface area (Å²) < 4.78 is 5.63. The van der Waals surface area contributed by atoms with E-state index in [-0.39, 0.29) is 6.42 Å². The molecule has 0 aliphatic rings. The summed E-state index contributed by atoms with van der Waals surface area (Å²) in [6.07, 6.45) is 0.275. The van der Waals surface area contributed by atoms with E-state index in [0.717, 1.165) is 16.9 Å². The van der Waals surface area contributed by atoms with Crippen LogP contribution >= 0.6 is 0 Å². The summed E-state index contributed by atoms with van der Waals surface area (Å²) in [5.74, 6) is 0.447. The van der Waals surface area contributed by atoms with Gasteiger partial charge in [0.1, 0.15) is 17.6 Å². The first-order valence-electron chi connectivity index (χ1n) is 5.71. The highest BCUT2D eigenvalue weighted by Crippen LogP contribution is 2.25. The second kappa shape index (κ2) is 5.06. The van der Waals surface area contributed by atoms with Gasteiger partial charge in [0.05, 0.1) is 0 Å². The van der Waals surface area contributed by atoms with Crippen LogP contribution in [0.3, 0.4) is 0 Å². The van der Waals surface area contributed by atoms with Gasteiger partial charge in [0, 0.05) is 12.0 Å². The summed E-state index contributed by atoms with van der Waals surface area (Å²) in [6, 6.07) is 10.6. The van der Waals surface area contributed by atoms with Gasteiger partial charge in [-0.05, 0) is 18.6 Å². The Morgan fingerprint density at radius 1 is 1.39 bits per heavy atom. The highest BCUT2D eigenvalue weighted by molar-refractivity contribution is 5.73. The SMILES string of the molecule is Cc1oc(-c2ccccc2)cc1CC(N)C(=O)O. The number of furan rings is 1. The van der Waals surface area contributed by atoms with Gasteiger partial charge in [-0.1, -0.05) is 30.3 Å². The molecule has 0 fully saturated rings. The lowest BCUT2D eigenvalue weighted by Gasteiger charge is -2.03. The summed E-state index contributed by atoms with van der Waals surface area (Å²) in [6.45, 7) is 1.82. The van der Waals surface area contributed by atoms with Gasteiger partial charge in [0.2, 0.25) is 0 Å². The van der Waals surface area contributed by atoms with Gasteiger partial charge in [-0.2, -0.15) is 0 Å². The average Bonchev–Trinajstić information content (AvgIpc) is 2.72. The molecule has 1 heterocycles. The van der Waals surface area contributed by atoms with Gasteiger partial charge < -0.3 is 15.3 Å². The number of carboxylic acid groups (broad SMARTS) is 1. The molecule has 2 rings (SSSR count). The van der Waals surface area contributed by atoms with Crippen molar-refractivity contribution >= 4 is 5.97 Å². The molecule has 0 aliphatic carbocycles. The molecule has 18 heavy (non-hydrogen) atoms. The van der Waals surface area contributed by atoms with Crippen molar-refractivity contribution in [1.82, 2.24) is 0 Å². The summed E-state index contributed by atoms with van der Waals surface area (Å²) in [7, 11) is 0. The molecule has 1 aromatic carbocycles. The molecule has 2 aromatic rings. The van der Waals surface area contributed by atoms with Crippen LogP contribution in [0.2, 0.25) is 0 Å². The van der Waals surface area contributed by atoms with Crippen molar-refractivity contribution in [3.63, 3.8) is 0 Å². The molecule has 0 bridgehead atoms. The van der Waals surface area contributed by atoms with Crippen LogP contribution in [-0.2, 0) is 11.2 Å². The van der Waals surface area contributed by atoms with Crippen LogP contribution in [0.5, 0.6) is 0 Å². The van der Waals surface area contributed by atoms with Crippen LogP contribution in [0.1, 0.15) is 11.3 Å². The van der Waals surface area contributed by atoms with Crippen molar-refractivity contribution in [3.05, 3.63) is 47.7 Å². The minimum atomic E-state index is -1.00. The first kappa shape index (κ1) is 12.4. The first-order valence-corrected chi connectivity index (χ1v) is 5.71. The Kier molecular flexibility index (Phi) is 3.48. The van der Waals surface area contributed by atoms with E-state index in [9.17, 15) is 4.79 Å². The van der Waals surface area contributed by atoms with E-state index in [2.05, 4.69) is 0 Å². The Morgan fingerprint density at radius 3 is 2.67 bits per heavy atom. The highest BCUT2D eigenvalue weighted by atomic mass is 16.4.